The van der Waals surface area contributed by atoms with Gasteiger partial charge in [-0.25, -0.2) is 4.99 Å². The second-order valence-corrected chi connectivity index (χ2v) is 6.40. The number of amides is 1. The number of carbonyl (C=O) groups excluding carboxylic acids is 1. The highest BCUT2D eigenvalue weighted by molar-refractivity contribution is 5.79. The molecule has 1 aliphatic rings. The molecule has 1 fully saturated rings. The van der Waals surface area contributed by atoms with Crippen LogP contribution in [0.25, 0.3) is 0 Å². The Labute approximate surface area is 151 Å². The molecule has 0 radical (unpaired) electrons. The Morgan fingerprint density at radius 1 is 1.16 bits per heavy atom. The van der Waals surface area contributed by atoms with Gasteiger partial charge in [-0.2, -0.15) is 0 Å². The van der Waals surface area contributed by atoms with E-state index in [1.54, 1.807) is 6.92 Å². The smallest absolute Gasteiger partial charge is 0.219 e. The summed E-state index contributed by atoms with van der Waals surface area (Å²) in [5.41, 5.74) is 2.52. The minimum Gasteiger partial charge on any atom is -0.357 e. The highest BCUT2D eigenvalue weighted by Crippen LogP contribution is 2.07. The van der Waals surface area contributed by atoms with E-state index >= 15 is 0 Å². The van der Waals surface area contributed by atoms with Crippen molar-refractivity contribution in [3.8, 4) is 0 Å². The van der Waals surface area contributed by atoms with Crippen LogP contribution in [0, 0.1) is 6.92 Å². The van der Waals surface area contributed by atoms with Gasteiger partial charge in [0.2, 0.25) is 5.91 Å². The number of hydrogen-bond donors (Lipinski definition) is 2. The molecule has 0 saturated carbocycles. The fraction of sp³-hybridized carbons (Fsp3) is 0.579. The normalized spacial score (nSPS) is 16.0. The fourth-order valence-corrected chi connectivity index (χ4v) is 2.91. The van der Waals surface area contributed by atoms with Crippen LogP contribution in [0.2, 0.25) is 0 Å². The highest BCUT2D eigenvalue weighted by Gasteiger charge is 2.17. The Kier molecular flexibility index (Phi) is 7.73. The molecule has 6 nitrogen and oxygen atoms in total. The van der Waals surface area contributed by atoms with Gasteiger partial charge in [0.1, 0.15) is 0 Å². The Hall–Kier alpha value is -2.08. The van der Waals surface area contributed by atoms with Crippen LogP contribution in [-0.2, 0) is 11.3 Å². The third-order valence-electron chi connectivity index (χ3n) is 4.55. The van der Waals surface area contributed by atoms with Crippen molar-refractivity contribution in [3.63, 3.8) is 0 Å². The molecule has 1 aliphatic heterocycles. The Morgan fingerprint density at radius 2 is 1.88 bits per heavy atom. The summed E-state index contributed by atoms with van der Waals surface area (Å²) >= 11 is 0. The first kappa shape index (κ1) is 19.2. The number of guanidine groups is 1. The van der Waals surface area contributed by atoms with Crippen molar-refractivity contribution in [1.82, 2.24) is 20.4 Å². The lowest BCUT2D eigenvalue weighted by Crippen LogP contribution is -2.50. The number of aryl methyl sites for hydroxylation is 1. The molecular formula is C19H31N5O. The lowest BCUT2D eigenvalue weighted by atomic mass is 10.1. The standard InChI is InChI=1S/C19H31N5O/c1-4-20-19(22-15-18-8-6-5-7-16(18)2)21-9-10-23-11-13-24(14-12-23)17(3)25/h5-8H,4,9-15H2,1-3H3,(H2,20,21,22). The maximum Gasteiger partial charge on any atom is 0.219 e. The topological polar surface area (TPSA) is 60.0 Å². The molecule has 0 bridgehead atoms. The van der Waals surface area contributed by atoms with E-state index < -0.39 is 0 Å². The van der Waals surface area contributed by atoms with E-state index in [1.165, 1.54) is 11.1 Å². The number of nitrogens with zero attached hydrogens (tertiary/aromatic N) is 3. The van der Waals surface area contributed by atoms with Crippen molar-refractivity contribution in [2.45, 2.75) is 27.3 Å². The summed E-state index contributed by atoms with van der Waals surface area (Å²) in [5.74, 6) is 1.03. The van der Waals surface area contributed by atoms with Gasteiger partial charge >= 0.3 is 0 Å². The summed E-state index contributed by atoms with van der Waals surface area (Å²) in [5, 5.41) is 6.71. The molecule has 2 N–H and O–H groups in total. The van der Waals surface area contributed by atoms with E-state index in [0.29, 0.717) is 6.54 Å². The lowest BCUT2D eigenvalue weighted by molar-refractivity contribution is -0.130. The minimum absolute atomic E-state index is 0.176. The van der Waals surface area contributed by atoms with Crippen molar-refractivity contribution in [2.75, 3.05) is 45.8 Å². The van der Waals surface area contributed by atoms with E-state index in [0.717, 1.165) is 51.8 Å². The molecule has 0 atom stereocenters. The molecule has 6 heteroatoms. The first-order valence-corrected chi connectivity index (χ1v) is 9.14. The van der Waals surface area contributed by atoms with Gasteiger partial charge in [-0.05, 0) is 25.0 Å². The molecule has 0 unspecified atom stereocenters. The van der Waals surface area contributed by atoms with Gasteiger partial charge in [-0.1, -0.05) is 24.3 Å². The van der Waals surface area contributed by atoms with Crippen LogP contribution in [0.5, 0.6) is 0 Å². The predicted octanol–water partition coefficient (Wildman–Crippen LogP) is 1.21. The molecule has 138 valence electrons. The second kappa shape index (κ2) is 10.0. The zero-order valence-electron chi connectivity index (χ0n) is 15.7. The Morgan fingerprint density at radius 3 is 2.52 bits per heavy atom. The number of benzene rings is 1. The van der Waals surface area contributed by atoms with Crippen LogP contribution >= 0.6 is 0 Å². The van der Waals surface area contributed by atoms with Gasteiger partial charge in [-0.15, -0.1) is 0 Å². The Balaban J connectivity index is 1.77. The summed E-state index contributed by atoms with van der Waals surface area (Å²) in [4.78, 5) is 20.4. The zero-order valence-corrected chi connectivity index (χ0v) is 15.7. The maximum atomic E-state index is 11.4. The first-order chi connectivity index (χ1) is 12.1. The van der Waals surface area contributed by atoms with E-state index in [1.807, 2.05) is 4.90 Å². The van der Waals surface area contributed by atoms with Gasteiger partial charge in [0.25, 0.3) is 0 Å². The molecule has 0 aromatic heterocycles. The predicted molar refractivity (Wildman–Crippen MR) is 103 cm³/mol. The highest BCUT2D eigenvalue weighted by atomic mass is 16.2. The van der Waals surface area contributed by atoms with Gasteiger partial charge in [-0.3, -0.25) is 9.69 Å². The van der Waals surface area contributed by atoms with E-state index in [9.17, 15) is 4.79 Å². The van der Waals surface area contributed by atoms with Gasteiger partial charge in [0.15, 0.2) is 5.96 Å². The van der Waals surface area contributed by atoms with Gasteiger partial charge in [0.05, 0.1) is 6.54 Å². The molecule has 25 heavy (non-hydrogen) atoms. The van der Waals surface area contributed by atoms with E-state index in [2.05, 4.69) is 58.6 Å². The van der Waals surface area contributed by atoms with Crippen molar-refractivity contribution < 1.29 is 4.79 Å². The quantitative estimate of drug-likeness (QED) is 0.601. The molecule has 0 aliphatic carbocycles. The SMILES string of the molecule is CCNC(=NCc1ccccc1C)NCCN1CCN(C(C)=O)CC1. The third kappa shape index (κ3) is 6.38. The van der Waals surface area contributed by atoms with E-state index in [4.69, 9.17) is 0 Å². The van der Waals surface area contributed by atoms with Crippen LogP contribution in [-0.4, -0.2) is 67.5 Å². The molecule has 1 aromatic carbocycles. The molecule has 2 rings (SSSR count). The van der Waals surface area contributed by atoms with Crippen LogP contribution in [0.1, 0.15) is 25.0 Å². The fourth-order valence-electron chi connectivity index (χ4n) is 2.91. The molecular weight excluding hydrogens is 314 g/mol. The summed E-state index contributed by atoms with van der Waals surface area (Å²) in [6, 6.07) is 8.35. The Bertz CT molecular complexity index is 579. The molecule has 1 heterocycles. The summed E-state index contributed by atoms with van der Waals surface area (Å²) in [6.45, 7) is 12.7. The van der Waals surface area contributed by atoms with Crippen LogP contribution < -0.4 is 10.6 Å². The number of hydrogen-bond acceptors (Lipinski definition) is 3. The maximum absolute atomic E-state index is 11.4. The first-order valence-electron chi connectivity index (χ1n) is 9.14. The number of piperazine rings is 1. The number of aliphatic imine (C=N–C) groups is 1. The van der Waals surface area contributed by atoms with Crippen molar-refractivity contribution in [3.05, 3.63) is 35.4 Å². The summed E-state index contributed by atoms with van der Waals surface area (Å²) in [6.07, 6.45) is 0. The minimum atomic E-state index is 0.176. The van der Waals surface area contributed by atoms with Crippen LogP contribution in [0.3, 0.4) is 0 Å². The monoisotopic (exact) mass is 345 g/mol. The van der Waals surface area contributed by atoms with Crippen molar-refractivity contribution >= 4 is 11.9 Å². The average Bonchev–Trinajstić information content (AvgIpc) is 2.61. The average molecular weight is 345 g/mol. The van der Waals surface area contributed by atoms with Crippen molar-refractivity contribution in [2.24, 2.45) is 4.99 Å². The van der Waals surface area contributed by atoms with Gasteiger partial charge in [0, 0.05) is 52.7 Å². The zero-order chi connectivity index (χ0) is 18.1. The largest absolute Gasteiger partial charge is 0.357 e. The van der Waals surface area contributed by atoms with E-state index in [-0.39, 0.29) is 5.91 Å². The number of nitrogens with one attached hydrogen (secondary N) is 2. The van der Waals surface area contributed by atoms with Crippen LogP contribution in [0.15, 0.2) is 29.3 Å². The second-order valence-electron chi connectivity index (χ2n) is 6.40. The summed E-state index contributed by atoms with van der Waals surface area (Å²) in [7, 11) is 0. The van der Waals surface area contributed by atoms with Crippen molar-refractivity contribution in [1.29, 1.82) is 0 Å². The van der Waals surface area contributed by atoms with Crippen LogP contribution in [0.4, 0.5) is 0 Å². The lowest BCUT2D eigenvalue weighted by Gasteiger charge is -2.34. The summed E-state index contributed by atoms with van der Waals surface area (Å²) < 4.78 is 0. The molecule has 1 amide bonds. The third-order valence-corrected chi connectivity index (χ3v) is 4.55. The molecule has 1 aromatic rings. The van der Waals surface area contributed by atoms with Gasteiger partial charge < -0.3 is 15.5 Å². The number of rotatable bonds is 6. The molecule has 1 saturated heterocycles. The molecule has 0 spiro atoms. The number of carbonyl (C=O) groups is 1.